The average Bonchev–Trinajstić information content (AvgIpc) is 3.45. The number of aromatic nitrogens is 4. The van der Waals surface area contributed by atoms with Crippen molar-refractivity contribution >= 4 is 53.4 Å². The second kappa shape index (κ2) is 10.8. The molecule has 0 bridgehead atoms. The summed E-state index contributed by atoms with van der Waals surface area (Å²) in [6, 6.07) is 38.6. The Kier molecular flexibility index (Phi) is 6.75. The van der Waals surface area contributed by atoms with Gasteiger partial charge in [0.1, 0.15) is 0 Å². The molecule has 0 radical (unpaired) electrons. The minimum absolute atomic E-state index is 0.0662. The maximum atomic E-state index is 5.29. The molecule has 0 aliphatic rings. The van der Waals surface area contributed by atoms with E-state index in [0.717, 1.165) is 82.6 Å². The van der Waals surface area contributed by atoms with E-state index in [1.165, 1.54) is 4.70 Å². The first-order valence-corrected chi connectivity index (χ1v) is 17.0. The molecule has 4 aromatic carbocycles. The Morgan fingerprint density at radius 3 is 1.96 bits per heavy atom. The average molecular weight is 629 g/mol. The lowest BCUT2D eigenvalue weighted by atomic mass is 9.87. The summed E-state index contributed by atoms with van der Waals surface area (Å²) in [5.74, 6) is 0.735. The molecule has 0 spiro atoms. The Morgan fingerprint density at radius 2 is 1.17 bits per heavy atom. The summed E-state index contributed by atoms with van der Waals surface area (Å²) in [5, 5.41) is 3.36. The fraction of sp³-hybridized carbons (Fsp3) is 0.190. The number of pyridine rings is 2. The fourth-order valence-electron chi connectivity index (χ4n) is 6.25. The molecule has 0 saturated heterocycles. The van der Waals surface area contributed by atoms with Crippen LogP contribution in [-0.2, 0) is 10.8 Å². The topological polar surface area (TPSA) is 51.6 Å². The Morgan fingerprint density at radius 1 is 0.489 bits per heavy atom. The standard InChI is InChI=1S/C42H36N4S/c1-41(2,3)33-22-20-25-19-21-29-31(24-34(42(4,5)6)44-37(29)35(25)43-33)27-15-12-16-28(23-27)36-39-38(30-17-10-11-18-32(30)47-39)46-40(45-36)26-13-8-7-9-14-26/h7-24H,1-6H3. The van der Waals surface area contributed by atoms with Gasteiger partial charge in [0, 0.05) is 54.2 Å². The zero-order chi connectivity index (χ0) is 32.5. The highest BCUT2D eigenvalue weighted by Gasteiger charge is 2.23. The summed E-state index contributed by atoms with van der Waals surface area (Å²) >= 11 is 1.76. The number of hydrogen-bond donors (Lipinski definition) is 0. The maximum Gasteiger partial charge on any atom is 0.160 e. The van der Waals surface area contributed by atoms with Gasteiger partial charge in [-0.25, -0.2) is 19.9 Å². The van der Waals surface area contributed by atoms with E-state index in [1.54, 1.807) is 11.3 Å². The van der Waals surface area contributed by atoms with Gasteiger partial charge in [0.15, 0.2) is 5.82 Å². The van der Waals surface area contributed by atoms with Crippen LogP contribution in [0.15, 0.2) is 109 Å². The third-order valence-corrected chi connectivity index (χ3v) is 10.0. The molecule has 0 amide bonds. The van der Waals surface area contributed by atoms with Crippen molar-refractivity contribution in [2.75, 3.05) is 0 Å². The minimum Gasteiger partial charge on any atom is -0.250 e. The Hall–Kier alpha value is -5.00. The van der Waals surface area contributed by atoms with Crippen LogP contribution >= 0.6 is 11.3 Å². The summed E-state index contributed by atoms with van der Waals surface area (Å²) in [7, 11) is 0. The lowest BCUT2D eigenvalue weighted by Gasteiger charge is -2.22. The van der Waals surface area contributed by atoms with Crippen LogP contribution in [0.1, 0.15) is 52.9 Å². The molecule has 0 atom stereocenters. The van der Waals surface area contributed by atoms with Gasteiger partial charge in [-0.15, -0.1) is 11.3 Å². The van der Waals surface area contributed by atoms with Gasteiger partial charge in [-0.1, -0.05) is 126 Å². The number of thiophene rings is 1. The quantitative estimate of drug-likeness (QED) is 0.183. The van der Waals surface area contributed by atoms with E-state index in [9.17, 15) is 0 Å². The van der Waals surface area contributed by atoms with Crippen LogP contribution in [-0.4, -0.2) is 19.9 Å². The van der Waals surface area contributed by atoms with Crippen molar-refractivity contribution in [3.63, 3.8) is 0 Å². The molecule has 0 N–H and O–H groups in total. The smallest absolute Gasteiger partial charge is 0.160 e. The zero-order valence-corrected chi connectivity index (χ0v) is 28.4. The molecule has 0 aliphatic heterocycles. The highest BCUT2D eigenvalue weighted by Crippen LogP contribution is 2.41. The van der Waals surface area contributed by atoms with Crippen LogP contribution in [0.5, 0.6) is 0 Å². The van der Waals surface area contributed by atoms with Crippen LogP contribution in [0, 0.1) is 0 Å². The van der Waals surface area contributed by atoms with E-state index >= 15 is 0 Å². The fourth-order valence-corrected chi connectivity index (χ4v) is 7.40. The Balaban J connectivity index is 1.39. The lowest BCUT2D eigenvalue weighted by Crippen LogP contribution is -2.15. The largest absolute Gasteiger partial charge is 0.250 e. The van der Waals surface area contributed by atoms with Gasteiger partial charge in [0.2, 0.25) is 0 Å². The molecule has 230 valence electrons. The number of fused-ring (bicyclic) bond motifs is 6. The highest BCUT2D eigenvalue weighted by molar-refractivity contribution is 7.26. The van der Waals surface area contributed by atoms with Gasteiger partial charge < -0.3 is 0 Å². The van der Waals surface area contributed by atoms with Gasteiger partial charge >= 0.3 is 0 Å². The number of rotatable bonds is 3. The second-order valence-electron chi connectivity index (χ2n) is 14.4. The van der Waals surface area contributed by atoms with Crippen molar-refractivity contribution in [3.05, 3.63) is 121 Å². The Bertz CT molecular complexity index is 2480. The lowest BCUT2D eigenvalue weighted by molar-refractivity contribution is 0.570. The molecule has 4 heterocycles. The maximum absolute atomic E-state index is 5.29. The number of nitrogens with zero attached hydrogens (tertiary/aromatic N) is 4. The zero-order valence-electron chi connectivity index (χ0n) is 27.6. The van der Waals surface area contributed by atoms with Crippen molar-refractivity contribution in [3.8, 4) is 33.8 Å². The van der Waals surface area contributed by atoms with Gasteiger partial charge in [0.05, 0.1) is 26.9 Å². The molecule has 0 aliphatic carbocycles. The van der Waals surface area contributed by atoms with Crippen LogP contribution in [0.4, 0.5) is 0 Å². The highest BCUT2D eigenvalue weighted by atomic mass is 32.1. The molecular formula is C42H36N4S. The van der Waals surface area contributed by atoms with E-state index in [0.29, 0.717) is 0 Å². The van der Waals surface area contributed by atoms with Gasteiger partial charge in [-0.05, 0) is 35.4 Å². The third kappa shape index (κ3) is 5.15. The van der Waals surface area contributed by atoms with Gasteiger partial charge in [0.25, 0.3) is 0 Å². The van der Waals surface area contributed by atoms with Gasteiger partial charge in [-0.3, -0.25) is 0 Å². The second-order valence-corrected chi connectivity index (χ2v) is 15.5. The van der Waals surface area contributed by atoms with E-state index in [1.807, 2.05) is 18.2 Å². The molecule has 0 saturated carbocycles. The molecule has 47 heavy (non-hydrogen) atoms. The minimum atomic E-state index is -0.148. The molecule has 4 nitrogen and oxygen atoms in total. The SMILES string of the molecule is CC(C)(C)c1ccc2ccc3c(-c4cccc(-c5nc(-c6ccccc6)nc6c5sc5ccccc56)c4)cc(C(C)(C)C)nc3c2n1. The van der Waals surface area contributed by atoms with Crippen molar-refractivity contribution in [1.29, 1.82) is 0 Å². The molecule has 8 rings (SSSR count). The van der Waals surface area contributed by atoms with E-state index < -0.39 is 0 Å². The molecule has 4 aromatic heterocycles. The van der Waals surface area contributed by atoms with Crippen LogP contribution in [0.25, 0.3) is 75.9 Å². The molecule has 0 fully saturated rings. The summed E-state index contributed by atoms with van der Waals surface area (Å²) in [6.45, 7) is 13.3. The molecule has 8 aromatic rings. The monoisotopic (exact) mass is 628 g/mol. The van der Waals surface area contributed by atoms with Crippen molar-refractivity contribution < 1.29 is 0 Å². The summed E-state index contributed by atoms with van der Waals surface area (Å²) in [5.41, 5.74) is 10.1. The normalized spacial score (nSPS) is 12.5. The summed E-state index contributed by atoms with van der Waals surface area (Å²) < 4.78 is 2.31. The molecule has 5 heteroatoms. The number of benzene rings is 4. The van der Waals surface area contributed by atoms with E-state index in [4.69, 9.17) is 19.9 Å². The Labute approximate surface area is 279 Å². The van der Waals surface area contributed by atoms with Crippen molar-refractivity contribution in [2.45, 2.75) is 52.4 Å². The summed E-state index contributed by atoms with van der Waals surface area (Å²) in [4.78, 5) is 20.9. The van der Waals surface area contributed by atoms with Crippen molar-refractivity contribution in [1.82, 2.24) is 19.9 Å². The molecule has 0 unspecified atom stereocenters. The first kappa shape index (κ1) is 29.4. The van der Waals surface area contributed by atoms with Crippen molar-refractivity contribution in [2.24, 2.45) is 0 Å². The predicted octanol–water partition coefficient (Wildman–Crippen LogP) is 11.5. The first-order valence-electron chi connectivity index (χ1n) is 16.2. The predicted molar refractivity (Wildman–Crippen MR) is 199 cm³/mol. The first-order chi connectivity index (χ1) is 22.5. The number of hydrogen-bond acceptors (Lipinski definition) is 5. The van der Waals surface area contributed by atoms with Crippen LogP contribution < -0.4 is 0 Å². The van der Waals surface area contributed by atoms with E-state index in [2.05, 4.69) is 133 Å². The van der Waals surface area contributed by atoms with Crippen LogP contribution in [0.3, 0.4) is 0 Å². The summed E-state index contributed by atoms with van der Waals surface area (Å²) in [6.07, 6.45) is 0. The van der Waals surface area contributed by atoms with E-state index in [-0.39, 0.29) is 10.8 Å². The molecular weight excluding hydrogens is 593 g/mol. The van der Waals surface area contributed by atoms with Crippen LogP contribution in [0.2, 0.25) is 0 Å². The third-order valence-electron chi connectivity index (χ3n) is 8.87. The van der Waals surface area contributed by atoms with Gasteiger partial charge in [-0.2, -0.15) is 0 Å².